The molecule has 1 aliphatic carbocycles. The molecule has 5 heterocycles. The van der Waals surface area contributed by atoms with E-state index in [1.54, 1.807) is 11.8 Å². The summed E-state index contributed by atoms with van der Waals surface area (Å²) in [4.78, 5) is 55.1. The molecule has 15 heteroatoms. The molecule has 6 rings (SSSR count). The van der Waals surface area contributed by atoms with E-state index < -0.39 is 17.9 Å². The van der Waals surface area contributed by atoms with Gasteiger partial charge in [-0.25, -0.2) is 9.48 Å². The Balaban J connectivity index is 1.09. The maximum atomic E-state index is 13.3. The summed E-state index contributed by atoms with van der Waals surface area (Å²) in [5, 5.41) is 27.9. The van der Waals surface area contributed by atoms with Crippen molar-refractivity contribution in [2.75, 3.05) is 19.6 Å². The molecule has 14 nitrogen and oxygen atoms in total. The number of nitrogens with one attached hydrogen (secondary N) is 2. The summed E-state index contributed by atoms with van der Waals surface area (Å²) < 4.78 is 1.50. The van der Waals surface area contributed by atoms with Crippen LogP contribution in [0.3, 0.4) is 0 Å². The third-order valence-corrected chi connectivity index (χ3v) is 10.2. The van der Waals surface area contributed by atoms with E-state index in [1.807, 2.05) is 6.92 Å². The van der Waals surface area contributed by atoms with Gasteiger partial charge in [-0.15, -0.1) is 16.9 Å². The van der Waals surface area contributed by atoms with Crippen LogP contribution in [0.5, 0.6) is 0 Å². The van der Waals surface area contributed by atoms with Gasteiger partial charge in [-0.05, 0) is 43.0 Å². The summed E-state index contributed by atoms with van der Waals surface area (Å²) in [5.41, 5.74) is 5.98. The average molecular weight is 574 g/mol. The minimum Gasteiger partial charge on any atom is -0.477 e. The average Bonchev–Trinajstić information content (AvgIpc) is 3.22. The van der Waals surface area contributed by atoms with Crippen LogP contribution >= 0.6 is 11.8 Å². The normalized spacial score (nSPS) is 32.3. The number of hydrogen-bond acceptors (Lipinski definition) is 10. The summed E-state index contributed by atoms with van der Waals surface area (Å²) in [6.45, 7) is 5.46. The Labute approximate surface area is 235 Å². The molecule has 40 heavy (non-hydrogen) atoms. The Hall–Kier alpha value is -3.04. The highest BCUT2D eigenvalue weighted by Crippen LogP contribution is 2.52. The third kappa shape index (κ3) is 4.77. The van der Waals surface area contributed by atoms with Gasteiger partial charge < -0.3 is 31.3 Å². The number of aromatic nitrogens is 4. The van der Waals surface area contributed by atoms with Crippen molar-refractivity contribution in [2.45, 2.75) is 81.4 Å². The highest BCUT2D eigenvalue weighted by Gasteiger charge is 2.60. The predicted molar refractivity (Wildman–Crippen MR) is 142 cm³/mol. The zero-order chi connectivity index (χ0) is 28.3. The number of likely N-dealkylation sites (tertiary alicyclic amines) is 1. The molecule has 0 bridgehead atoms. The van der Waals surface area contributed by atoms with Crippen LogP contribution in [0.2, 0.25) is 0 Å². The Morgan fingerprint density at radius 2 is 2.05 bits per heavy atom. The highest BCUT2D eigenvalue weighted by molar-refractivity contribution is 8.03. The van der Waals surface area contributed by atoms with Gasteiger partial charge in [0.05, 0.1) is 18.0 Å². The Morgan fingerprint density at radius 3 is 2.73 bits per heavy atom. The molecule has 0 radical (unpaired) electrons. The van der Waals surface area contributed by atoms with E-state index in [0.717, 1.165) is 19.3 Å². The second kappa shape index (κ2) is 10.4. The van der Waals surface area contributed by atoms with Crippen molar-refractivity contribution in [2.24, 2.45) is 17.6 Å². The third-order valence-electron chi connectivity index (χ3n) is 8.73. The van der Waals surface area contributed by atoms with Crippen molar-refractivity contribution in [1.82, 2.24) is 40.6 Å². The second-order valence-corrected chi connectivity index (χ2v) is 13.0. The summed E-state index contributed by atoms with van der Waals surface area (Å²) in [6, 6.07) is -1.16. The van der Waals surface area contributed by atoms with Gasteiger partial charge in [0.2, 0.25) is 17.7 Å². The molecular weight excluding hydrogens is 538 g/mol. The van der Waals surface area contributed by atoms with Crippen molar-refractivity contribution < 1.29 is 24.3 Å². The van der Waals surface area contributed by atoms with Gasteiger partial charge >= 0.3 is 5.97 Å². The van der Waals surface area contributed by atoms with Crippen LogP contribution in [-0.2, 0) is 25.7 Å². The van der Waals surface area contributed by atoms with E-state index in [4.69, 9.17) is 5.73 Å². The van der Waals surface area contributed by atoms with Crippen molar-refractivity contribution in [3.8, 4) is 0 Å². The number of tetrazole rings is 1. The van der Waals surface area contributed by atoms with Crippen LogP contribution < -0.4 is 16.4 Å². The molecule has 1 aromatic rings. The molecule has 0 aromatic carbocycles. The Kier molecular flexibility index (Phi) is 7.07. The largest absolute Gasteiger partial charge is 0.477 e. The van der Waals surface area contributed by atoms with Crippen LogP contribution in [0.25, 0.3) is 0 Å². The lowest BCUT2D eigenvalue weighted by atomic mass is 9.78. The topological polar surface area (TPSA) is 189 Å². The lowest BCUT2D eigenvalue weighted by Gasteiger charge is -2.47. The molecule has 4 fully saturated rings. The molecule has 3 amide bonds. The first kappa shape index (κ1) is 27.1. The van der Waals surface area contributed by atoms with E-state index >= 15 is 0 Å². The number of rotatable bonds is 9. The number of aliphatic carboxylic acids is 1. The lowest BCUT2D eigenvalue weighted by molar-refractivity contribution is -0.158. The zero-order valence-electron chi connectivity index (χ0n) is 22.5. The first-order chi connectivity index (χ1) is 19.1. The molecule has 7 atom stereocenters. The van der Waals surface area contributed by atoms with E-state index in [0.29, 0.717) is 42.7 Å². The standard InChI is InChI=1S/C25H35N9O5S/c1-11-19-18(12(2)28-17(35)10-33-22(13-3-4-13)29-30-31-33)24(37)34(19)20(25(38)39)21(11)40-15-7-16(27-8-15)23(36)32-6-5-14(26)9-32/h11-16,18-19,27H,3-10,26H2,1-2H3,(H,28,35)(H,38,39)/t11-,12-,14-,15?,16?,18-,19-/m1/s1. The number of β-lactam (4-membered cyclic amide) rings is 1. The number of hydrogen-bond donors (Lipinski definition) is 4. The molecule has 5 N–H and O–H groups in total. The number of carboxylic acid groups (broad SMARTS) is 1. The van der Waals surface area contributed by atoms with Crippen molar-refractivity contribution in [3.63, 3.8) is 0 Å². The van der Waals surface area contributed by atoms with Crippen LogP contribution in [0, 0.1) is 11.8 Å². The molecule has 2 unspecified atom stereocenters. The quantitative estimate of drug-likeness (QED) is 0.261. The first-order valence-electron chi connectivity index (χ1n) is 13.9. The van der Waals surface area contributed by atoms with Crippen LogP contribution in [0.4, 0.5) is 0 Å². The summed E-state index contributed by atoms with van der Waals surface area (Å²) in [7, 11) is 0. The van der Waals surface area contributed by atoms with Crippen molar-refractivity contribution in [3.05, 3.63) is 16.4 Å². The molecule has 0 spiro atoms. The predicted octanol–water partition coefficient (Wildman–Crippen LogP) is -1.15. The summed E-state index contributed by atoms with van der Waals surface area (Å²) in [6.07, 6.45) is 3.38. The number of carbonyl (C=O) groups is 4. The summed E-state index contributed by atoms with van der Waals surface area (Å²) >= 11 is 1.45. The van der Waals surface area contributed by atoms with Gasteiger partial charge in [-0.3, -0.25) is 14.4 Å². The maximum absolute atomic E-state index is 13.3. The second-order valence-electron chi connectivity index (χ2n) is 11.6. The van der Waals surface area contributed by atoms with Gasteiger partial charge in [0, 0.05) is 53.7 Å². The summed E-state index contributed by atoms with van der Waals surface area (Å²) in [5.74, 6) is -1.48. The maximum Gasteiger partial charge on any atom is 0.353 e. The van der Waals surface area contributed by atoms with E-state index in [-0.39, 0.29) is 59.3 Å². The fourth-order valence-corrected chi connectivity index (χ4v) is 8.03. The van der Waals surface area contributed by atoms with Gasteiger partial charge in [0.15, 0.2) is 5.82 Å². The fraction of sp³-hybridized carbons (Fsp3) is 0.720. The molecule has 3 saturated heterocycles. The number of fused-ring (bicyclic) bond motifs is 1. The SMILES string of the molecule is C[C@@H](NC(=O)Cn1nnnc1C1CC1)[C@H]1C(=O)N2C(C(=O)O)=C(SC3CNC(C(=O)N4CC[C@@H](N)C4)C3)[C@H](C)[C@H]12. The van der Waals surface area contributed by atoms with Crippen molar-refractivity contribution >= 4 is 35.5 Å². The number of nitrogens with two attached hydrogens (primary N) is 1. The minimum atomic E-state index is -1.14. The monoisotopic (exact) mass is 573 g/mol. The molecule has 5 aliphatic rings. The lowest BCUT2D eigenvalue weighted by Crippen LogP contribution is -2.66. The molecule has 1 aromatic heterocycles. The Morgan fingerprint density at radius 1 is 1.27 bits per heavy atom. The van der Waals surface area contributed by atoms with Crippen LogP contribution in [0.1, 0.15) is 51.3 Å². The van der Waals surface area contributed by atoms with Gasteiger partial charge in [-0.1, -0.05) is 6.92 Å². The zero-order valence-corrected chi connectivity index (χ0v) is 23.3. The van der Waals surface area contributed by atoms with Crippen LogP contribution in [-0.4, -0.2) is 108 Å². The molecule has 1 saturated carbocycles. The number of amides is 3. The highest BCUT2D eigenvalue weighted by atomic mass is 32.2. The Bertz CT molecular complexity index is 1260. The van der Waals surface area contributed by atoms with E-state index in [1.165, 1.54) is 21.3 Å². The van der Waals surface area contributed by atoms with Gasteiger partial charge in [0.1, 0.15) is 12.2 Å². The first-order valence-corrected chi connectivity index (χ1v) is 14.8. The number of carboxylic acids is 1. The fourth-order valence-electron chi connectivity index (χ4n) is 6.55. The van der Waals surface area contributed by atoms with E-state index in [9.17, 15) is 24.3 Å². The molecule has 4 aliphatic heterocycles. The van der Waals surface area contributed by atoms with Crippen molar-refractivity contribution in [1.29, 1.82) is 0 Å². The molecule has 216 valence electrons. The number of nitrogens with zero attached hydrogens (tertiary/aromatic N) is 6. The minimum absolute atomic E-state index is 0.00152. The number of carbonyl (C=O) groups excluding carboxylic acids is 3. The van der Waals surface area contributed by atoms with E-state index in [2.05, 4.69) is 26.2 Å². The number of thioether (sulfide) groups is 1. The van der Waals surface area contributed by atoms with Gasteiger partial charge in [0.25, 0.3) is 0 Å². The smallest absolute Gasteiger partial charge is 0.353 e. The van der Waals surface area contributed by atoms with Crippen LogP contribution in [0.15, 0.2) is 10.6 Å². The molecular formula is C25H35N9O5S. The van der Waals surface area contributed by atoms with Gasteiger partial charge in [-0.2, -0.15) is 0 Å².